The summed E-state index contributed by atoms with van der Waals surface area (Å²) in [6, 6.07) is 2.04. The highest BCUT2D eigenvalue weighted by molar-refractivity contribution is 5.83. The molecule has 0 saturated carbocycles. The normalized spacial score (nSPS) is 13.9. The van der Waals surface area contributed by atoms with Crippen molar-refractivity contribution >= 4 is 5.57 Å². The van der Waals surface area contributed by atoms with Gasteiger partial charge in [0.25, 0.3) is 0 Å². The molecule has 0 amide bonds. The molecule has 0 fully saturated rings. The van der Waals surface area contributed by atoms with Crippen LogP contribution < -0.4 is 14.2 Å². The van der Waals surface area contributed by atoms with Gasteiger partial charge >= 0.3 is 0 Å². The molecular weight excluding hydrogens is 240 g/mol. The minimum atomic E-state index is 0.637. The number of fused-ring (bicyclic) bond motifs is 1. The summed E-state index contributed by atoms with van der Waals surface area (Å²) < 4.78 is 16.4. The maximum atomic E-state index is 5.57. The molecule has 0 saturated heterocycles. The molecule has 0 aromatic heterocycles. The molecule has 19 heavy (non-hydrogen) atoms. The fraction of sp³-hybridized carbons (Fsp3) is 0.375. The first-order chi connectivity index (χ1) is 9.26. The van der Waals surface area contributed by atoms with E-state index < -0.39 is 0 Å². The van der Waals surface area contributed by atoms with Crippen molar-refractivity contribution in [3.05, 3.63) is 35.9 Å². The average molecular weight is 260 g/mol. The largest absolute Gasteiger partial charge is 0.493 e. The molecule has 1 aliphatic rings. The Balaban J connectivity index is 2.75. The smallest absolute Gasteiger partial charge is 0.203 e. The second kappa shape index (κ2) is 5.83. The van der Waals surface area contributed by atoms with Crippen LogP contribution in [-0.4, -0.2) is 21.3 Å². The first-order valence-corrected chi connectivity index (χ1v) is 6.41. The van der Waals surface area contributed by atoms with Crippen LogP contribution in [0.15, 0.2) is 24.8 Å². The van der Waals surface area contributed by atoms with Crippen LogP contribution >= 0.6 is 0 Å². The van der Waals surface area contributed by atoms with Gasteiger partial charge in [-0.05, 0) is 36.5 Å². The summed E-state index contributed by atoms with van der Waals surface area (Å²) >= 11 is 0. The van der Waals surface area contributed by atoms with Gasteiger partial charge in [-0.2, -0.15) is 0 Å². The van der Waals surface area contributed by atoms with E-state index in [2.05, 4.69) is 12.7 Å². The van der Waals surface area contributed by atoms with E-state index in [1.807, 2.05) is 12.1 Å². The lowest BCUT2D eigenvalue weighted by molar-refractivity contribution is 0.323. The van der Waals surface area contributed by atoms with Crippen molar-refractivity contribution in [2.75, 3.05) is 21.3 Å². The Kier molecular flexibility index (Phi) is 4.15. The first kappa shape index (κ1) is 13.5. The fourth-order valence-electron chi connectivity index (χ4n) is 2.56. The van der Waals surface area contributed by atoms with Crippen molar-refractivity contribution < 1.29 is 14.2 Å². The molecule has 1 aromatic rings. The van der Waals surface area contributed by atoms with Gasteiger partial charge in [0.05, 0.1) is 21.3 Å². The summed E-state index contributed by atoms with van der Waals surface area (Å²) in [7, 11) is 4.93. The van der Waals surface area contributed by atoms with E-state index in [0.29, 0.717) is 11.5 Å². The summed E-state index contributed by atoms with van der Waals surface area (Å²) in [6.07, 6.45) is 7.23. The van der Waals surface area contributed by atoms with Crippen LogP contribution in [0.5, 0.6) is 17.2 Å². The van der Waals surface area contributed by atoms with Gasteiger partial charge in [-0.15, -0.1) is 0 Å². The topological polar surface area (TPSA) is 27.7 Å². The average Bonchev–Trinajstić information content (AvgIpc) is 2.66. The third-order valence-electron chi connectivity index (χ3n) is 3.43. The minimum absolute atomic E-state index is 0.637. The predicted octanol–water partition coefficient (Wildman–Crippen LogP) is 3.62. The molecule has 1 aliphatic carbocycles. The zero-order valence-electron chi connectivity index (χ0n) is 11.8. The molecule has 2 rings (SSSR count). The number of aryl methyl sites for hydroxylation is 1. The monoisotopic (exact) mass is 260 g/mol. The van der Waals surface area contributed by atoms with Crippen molar-refractivity contribution in [2.45, 2.75) is 19.3 Å². The van der Waals surface area contributed by atoms with Gasteiger partial charge in [-0.25, -0.2) is 0 Å². The summed E-state index contributed by atoms with van der Waals surface area (Å²) in [5, 5.41) is 0. The fourth-order valence-corrected chi connectivity index (χ4v) is 2.56. The van der Waals surface area contributed by atoms with Gasteiger partial charge in [0.1, 0.15) is 0 Å². The predicted molar refractivity (Wildman–Crippen MR) is 77.2 cm³/mol. The molecule has 3 heteroatoms. The van der Waals surface area contributed by atoms with Gasteiger partial charge in [0.15, 0.2) is 11.5 Å². The number of allylic oxidation sites excluding steroid dienone is 3. The van der Waals surface area contributed by atoms with Crippen LogP contribution in [0.4, 0.5) is 0 Å². The third-order valence-corrected chi connectivity index (χ3v) is 3.43. The zero-order chi connectivity index (χ0) is 13.8. The first-order valence-electron chi connectivity index (χ1n) is 6.41. The number of hydrogen-bond acceptors (Lipinski definition) is 3. The van der Waals surface area contributed by atoms with Crippen LogP contribution in [0.2, 0.25) is 0 Å². The molecule has 3 nitrogen and oxygen atoms in total. The van der Waals surface area contributed by atoms with E-state index in [9.17, 15) is 0 Å². The summed E-state index contributed by atoms with van der Waals surface area (Å²) in [4.78, 5) is 0. The highest BCUT2D eigenvalue weighted by Gasteiger charge is 2.22. The van der Waals surface area contributed by atoms with Crippen LogP contribution in [0, 0.1) is 0 Å². The SMILES string of the molecule is C=CC1=CCCCc2cc(OC)c(OC)c(OC)c21. The van der Waals surface area contributed by atoms with Gasteiger partial charge in [-0.3, -0.25) is 0 Å². The van der Waals surface area contributed by atoms with E-state index in [4.69, 9.17) is 14.2 Å². The summed E-state index contributed by atoms with van der Waals surface area (Å²) in [5.41, 5.74) is 3.40. The van der Waals surface area contributed by atoms with Gasteiger partial charge in [-0.1, -0.05) is 18.7 Å². The molecule has 0 heterocycles. The third kappa shape index (κ3) is 2.33. The summed E-state index contributed by atoms with van der Waals surface area (Å²) in [6.45, 7) is 3.90. The van der Waals surface area contributed by atoms with E-state index in [0.717, 1.165) is 36.1 Å². The van der Waals surface area contributed by atoms with E-state index in [-0.39, 0.29) is 0 Å². The van der Waals surface area contributed by atoms with E-state index in [1.54, 1.807) is 21.3 Å². The molecule has 1 aromatic carbocycles. The van der Waals surface area contributed by atoms with Gasteiger partial charge < -0.3 is 14.2 Å². The Hall–Kier alpha value is -1.90. The minimum Gasteiger partial charge on any atom is -0.493 e. The number of methoxy groups -OCH3 is 3. The molecule has 0 bridgehead atoms. The Bertz CT molecular complexity index is 515. The number of ether oxygens (including phenoxy) is 3. The van der Waals surface area contributed by atoms with Crippen molar-refractivity contribution in [1.82, 2.24) is 0 Å². The van der Waals surface area contributed by atoms with Crippen molar-refractivity contribution in [3.8, 4) is 17.2 Å². The van der Waals surface area contributed by atoms with Crippen molar-refractivity contribution in [3.63, 3.8) is 0 Å². The second-order valence-corrected chi connectivity index (χ2v) is 4.44. The zero-order valence-corrected chi connectivity index (χ0v) is 11.8. The molecule has 0 spiro atoms. The Labute approximate surface area is 114 Å². The highest BCUT2D eigenvalue weighted by Crippen LogP contribution is 2.46. The molecule has 0 unspecified atom stereocenters. The standard InChI is InChI=1S/C16H20O3/c1-5-11-8-6-7-9-12-10-13(17-2)15(18-3)16(19-4)14(11)12/h5,8,10H,1,6-7,9H2,2-4H3. The van der Waals surface area contributed by atoms with Crippen LogP contribution in [0.1, 0.15) is 24.0 Å². The van der Waals surface area contributed by atoms with Gasteiger partial charge in [0, 0.05) is 5.56 Å². The maximum Gasteiger partial charge on any atom is 0.203 e. The van der Waals surface area contributed by atoms with E-state index >= 15 is 0 Å². The van der Waals surface area contributed by atoms with Gasteiger partial charge in [0.2, 0.25) is 5.75 Å². The van der Waals surface area contributed by atoms with Crippen LogP contribution in [0.25, 0.3) is 5.57 Å². The lowest BCUT2D eigenvalue weighted by Gasteiger charge is -2.19. The molecular formula is C16H20O3. The van der Waals surface area contributed by atoms with Crippen LogP contribution in [-0.2, 0) is 6.42 Å². The number of hydrogen-bond donors (Lipinski definition) is 0. The molecule has 0 aliphatic heterocycles. The Morgan fingerprint density at radius 2 is 1.84 bits per heavy atom. The molecule has 102 valence electrons. The molecule has 0 N–H and O–H groups in total. The molecule has 0 atom stereocenters. The number of rotatable bonds is 4. The quantitative estimate of drug-likeness (QED) is 0.827. The lowest BCUT2D eigenvalue weighted by Crippen LogP contribution is -2.02. The number of benzene rings is 1. The Morgan fingerprint density at radius 1 is 1.11 bits per heavy atom. The van der Waals surface area contributed by atoms with E-state index in [1.165, 1.54) is 5.56 Å². The Morgan fingerprint density at radius 3 is 2.42 bits per heavy atom. The summed E-state index contributed by atoms with van der Waals surface area (Å²) in [5.74, 6) is 2.08. The second-order valence-electron chi connectivity index (χ2n) is 4.44. The lowest BCUT2D eigenvalue weighted by atomic mass is 9.96. The van der Waals surface area contributed by atoms with Crippen LogP contribution in [0.3, 0.4) is 0 Å². The molecule has 0 radical (unpaired) electrons. The maximum absolute atomic E-state index is 5.57. The highest BCUT2D eigenvalue weighted by atomic mass is 16.5. The van der Waals surface area contributed by atoms with Crippen molar-refractivity contribution in [2.24, 2.45) is 0 Å². The van der Waals surface area contributed by atoms with Crippen molar-refractivity contribution in [1.29, 1.82) is 0 Å².